The quantitative estimate of drug-likeness (QED) is 0.792. The van der Waals surface area contributed by atoms with Crippen molar-refractivity contribution < 1.29 is 9.53 Å². The zero-order valence-corrected chi connectivity index (χ0v) is 10.3. The van der Waals surface area contributed by atoms with Gasteiger partial charge in [0.2, 0.25) is 0 Å². The van der Waals surface area contributed by atoms with Gasteiger partial charge in [-0.05, 0) is 30.3 Å². The summed E-state index contributed by atoms with van der Waals surface area (Å²) >= 11 is 3.40. The van der Waals surface area contributed by atoms with E-state index in [2.05, 4.69) is 15.9 Å². The van der Waals surface area contributed by atoms with Gasteiger partial charge >= 0.3 is 5.97 Å². The van der Waals surface area contributed by atoms with Gasteiger partial charge < -0.3 is 9.30 Å². The van der Waals surface area contributed by atoms with Crippen LogP contribution in [0.5, 0.6) is 0 Å². The van der Waals surface area contributed by atoms with Gasteiger partial charge in [0.05, 0.1) is 7.11 Å². The largest absolute Gasteiger partial charge is 0.464 e. The van der Waals surface area contributed by atoms with Crippen molar-refractivity contribution in [2.45, 2.75) is 0 Å². The average Bonchev–Trinajstić information content (AvgIpc) is 2.77. The number of nitrogens with zero attached hydrogens (tertiary/aromatic N) is 1. The number of aromatic nitrogens is 1. The molecule has 0 atom stereocenters. The number of carbonyl (C=O) groups excluding carboxylic acids is 1. The number of hydrogen-bond donors (Lipinski definition) is 0. The van der Waals surface area contributed by atoms with Crippen LogP contribution in [0.15, 0.2) is 47.1 Å². The van der Waals surface area contributed by atoms with Crippen LogP contribution in [0.25, 0.3) is 5.69 Å². The van der Waals surface area contributed by atoms with E-state index in [0.29, 0.717) is 5.69 Å². The Bertz CT molecular complexity index is 519. The molecule has 82 valence electrons. The van der Waals surface area contributed by atoms with E-state index >= 15 is 0 Å². The molecule has 0 aliphatic rings. The maximum Gasteiger partial charge on any atom is 0.355 e. The first-order valence-electron chi connectivity index (χ1n) is 4.74. The molecule has 1 aromatic carbocycles. The van der Waals surface area contributed by atoms with Crippen LogP contribution in [0.2, 0.25) is 0 Å². The molecule has 0 saturated carbocycles. The maximum atomic E-state index is 11.5. The lowest BCUT2D eigenvalue weighted by atomic mass is 10.3. The lowest BCUT2D eigenvalue weighted by molar-refractivity contribution is 0.0591. The molecule has 0 radical (unpaired) electrons. The topological polar surface area (TPSA) is 31.2 Å². The highest BCUT2D eigenvalue weighted by molar-refractivity contribution is 9.10. The van der Waals surface area contributed by atoms with Crippen LogP contribution < -0.4 is 0 Å². The highest BCUT2D eigenvalue weighted by Gasteiger charge is 2.11. The number of carbonyl (C=O) groups is 1. The molecule has 1 aromatic heterocycles. The summed E-state index contributed by atoms with van der Waals surface area (Å²) in [5.41, 5.74) is 1.43. The van der Waals surface area contributed by atoms with Gasteiger partial charge in [0.1, 0.15) is 5.69 Å². The molecule has 2 aromatic rings. The molecule has 3 nitrogen and oxygen atoms in total. The highest BCUT2D eigenvalue weighted by atomic mass is 79.9. The van der Waals surface area contributed by atoms with E-state index in [1.807, 2.05) is 36.5 Å². The summed E-state index contributed by atoms with van der Waals surface area (Å²) in [5, 5.41) is 0. The van der Waals surface area contributed by atoms with Gasteiger partial charge in [-0.25, -0.2) is 4.79 Å². The van der Waals surface area contributed by atoms with Gasteiger partial charge in [0.15, 0.2) is 0 Å². The SMILES string of the molecule is COC(=O)c1cccn1-c1cccc(Br)c1. The first-order chi connectivity index (χ1) is 7.72. The predicted octanol–water partition coefficient (Wildman–Crippen LogP) is 3.03. The Labute approximate surface area is 102 Å². The third-order valence-electron chi connectivity index (χ3n) is 2.23. The van der Waals surface area contributed by atoms with E-state index in [1.54, 1.807) is 10.6 Å². The number of halogens is 1. The smallest absolute Gasteiger partial charge is 0.355 e. The molecule has 0 N–H and O–H groups in total. The molecule has 0 spiro atoms. The summed E-state index contributed by atoms with van der Waals surface area (Å²) in [6.07, 6.45) is 1.83. The summed E-state index contributed by atoms with van der Waals surface area (Å²) < 4.78 is 7.47. The van der Waals surface area contributed by atoms with Crippen LogP contribution in [0, 0.1) is 0 Å². The van der Waals surface area contributed by atoms with E-state index in [-0.39, 0.29) is 5.97 Å². The van der Waals surface area contributed by atoms with Gasteiger partial charge in [-0.2, -0.15) is 0 Å². The third-order valence-corrected chi connectivity index (χ3v) is 2.72. The zero-order chi connectivity index (χ0) is 11.5. The first-order valence-corrected chi connectivity index (χ1v) is 5.53. The number of rotatable bonds is 2. The van der Waals surface area contributed by atoms with Gasteiger partial charge in [0, 0.05) is 16.4 Å². The van der Waals surface area contributed by atoms with E-state index < -0.39 is 0 Å². The van der Waals surface area contributed by atoms with Crippen molar-refractivity contribution in [3.05, 3.63) is 52.8 Å². The Balaban J connectivity index is 2.48. The van der Waals surface area contributed by atoms with E-state index in [0.717, 1.165) is 10.2 Å². The molecule has 1 heterocycles. The average molecular weight is 280 g/mol. The van der Waals surface area contributed by atoms with E-state index in [1.165, 1.54) is 7.11 Å². The second-order valence-corrected chi connectivity index (χ2v) is 4.15. The minimum Gasteiger partial charge on any atom is -0.464 e. The van der Waals surface area contributed by atoms with Crippen LogP contribution >= 0.6 is 15.9 Å². The second kappa shape index (κ2) is 4.53. The Morgan fingerprint density at radius 2 is 2.12 bits per heavy atom. The van der Waals surface area contributed by atoms with E-state index in [9.17, 15) is 4.79 Å². The molecule has 0 unspecified atom stereocenters. The van der Waals surface area contributed by atoms with Crippen molar-refractivity contribution in [3.8, 4) is 5.69 Å². The van der Waals surface area contributed by atoms with Crippen LogP contribution in [0.4, 0.5) is 0 Å². The number of benzene rings is 1. The summed E-state index contributed by atoms with van der Waals surface area (Å²) in [6.45, 7) is 0. The van der Waals surface area contributed by atoms with Crippen molar-refractivity contribution >= 4 is 21.9 Å². The number of ether oxygens (including phenoxy) is 1. The van der Waals surface area contributed by atoms with Crippen LogP contribution in [-0.4, -0.2) is 17.6 Å². The molecule has 0 bridgehead atoms. The molecular weight excluding hydrogens is 270 g/mol. The predicted molar refractivity (Wildman–Crippen MR) is 64.8 cm³/mol. The molecule has 0 amide bonds. The molecule has 0 aliphatic heterocycles. The van der Waals surface area contributed by atoms with Gasteiger partial charge in [0.25, 0.3) is 0 Å². The number of hydrogen-bond acceptors (Lipinski definition) is 2. The fourth-order valence-electron chi connectivity index (χ4n) is 1.50. The third kappa shape index (κ3) is 2.02. The standard InChI is InChI=1S/C12H10BrNO2/c1-16-12(15)11-6-3-7-14(11)10-5-2-4-9(13)8-10/h2-8H,1H3. The van der Waals surface area contributed by atoms with Crippen molar-refractivity contribution in [2.24, 2.45) is 0 Å². The number of esters is 1. The lowest BCUT2D eigenvalue weighted by Gasteiger charge is -2.07. The van der Waals surface area contributed by atoms with Crippen LogP contribution in [0.1, 0.15) is 10.5 Å². The fraction of sp³-hybridized carbons (Fsp3) is 0.0833. The summed E-state index contributed by atoms with van der Waals surface area (Å²) in [5.74, 6) is -0.343. The highest BCUT2D eigenvalue weighted by Crippen LogP contribution is 2.18. The molecule has 0 aliphatic carbocycles. The second-order valence-electron chi connectivity index (χ2n) is 3.23. The zero-order valence-electron chi connectivity index (χ0n) is 8.68. The Morgan fingerprint density at radius 1 is 1.31 bits per heavy atom. The summed E-state index contributed by atoms with van der Waals surface area (Å²) in [7, 11) is 1.38. The molecule has 16 heavy (non-hydrogen) atoms. The Kier molecular flexibility index (Phi) is 3.10. The first kappa shape index (κ1) is 11.0. The fourth-order valence-corrected chi connectivity index (χ4v) is 1.89. The van der Waals surface area contributed by atoms with Gasteiger partial charge in [-0.15, -0.1) is 0 Å². The van der Waals surface area contributed by atoms with Gasteiger partial charge in [-0.3, -0.25) is 0 Å². The monoisotopic (exact) mass is 279 g/mol. The van der Waals surface area contributed by atoms with Crippen LogP contribution in [-0.2, 0) is 4.74 Å². The Morgan fingerprint density at radius 3 is 2.81 bits per heavy atom. The normalized spacial score (nSPS) is 10.1. The van der Waals surface area contributed by atoms with Crippen molar-refractivity contribution in [2.75, 3.05) is 7.11 Å². The van der Waals surface area contributed by atoms with Crippen molar-refractivity contribution in [3.63, 3.8) is 0 Å². The maximum absolute atomic E-state index is 11.5. The van der Waals surface area contributed by atoms with Gasteiger partial charge in [-0.1, -0.05) is 22.0 Å². The Hall–Kier alpha value is -1.55. The van der Waals surface area contributed by atoms with Crippen molar-refractivity contribution in [1.82, 2.24) is 4.57 Å². The van der Waals surface area contributed by atoms with Crippen molar-refractivity contribution in [1.29, 1.82) is 0 Å². The summed E-state index contributed by atoms with van der Waals surface area (Å²) in [4.78, 5) is 11.5. The molecule has 4 heteroatoms. The molecule has 0 saturated heterocycles. The molecular formula is C12H10BrNO2. The molecule has 0 fully saturated rings. The van der Waals surface area contributed by atoms with Crippen LogP contribution in [0.3, 0.4) is 0 Å². The lowest BCUT2D eigenvalue weighted by Crippen LogP contribution is -2.08. The minimum absolute atomic E-state index is 0.343. The summed E-state index contributed by atoms with van der Waals surface area (Å²) in [6, 6.07) is 11.3. The molecule has 2 rings (SSSR count). The van der Waals surface area contributed by atoms with E-state index in [4.69, 9.17) is 4.74 Å². The number of methoxy groups -OCH3 is 1. The minimum atomic E-state index is -0.343.